The third-order valence-electron chi connectivity index (χ3n) is 3.29. The summed E-state index contributed by atoms with van der Waals surface area (Å²) in [6.45, 7) is 4.72. The van der Waals surface area contributed by atoms with Gasteiger partial charge in [-0.25, -0.2) is 4.79 Å². The molecule has 1 unspecified atom stereocenters. The second-order valence-electron chi connectivity index (χ2n) is 5.25. The van der Waals surface area contributed by atoms with E-state index in [2.05, 4.69) is 17.6 Å². The van der Waals surface area contributed by atoms with Crippen molar-refractivity contribution < 1.29 is 4.79 Å². The third kappa shape index (κ3) is 6.57. The van der Waals surface area contributed by atoms with E-state index in [1.807, 2.05) is 31.2 Å². The van der Waals surface area contributed by atoms with E-state index in [1.165, 1.54) is 19.3 Å². The molecule has 0 bridgehead atoms. The van der Waals surface area contributed by atoms with E-state index in [0.717, 1.165) is 24.1 Å². The number of nitrogens with one attached hydrogen (secondary N) is 2. The minimum absolute atomic E-state index is 0.151. The molecule has 0 aliphatic carbocycles. The van der Waals surface area contributed by atoms with E-state index in [-0.39, 0.29) is 12.1 Å². The molecule has 1 atom stereocenters. The van der Waals surface area contributed by atoms with Crippen molar-refractivity contribution in [3.05, 3.63) is 29.8 Å². The average molecular weight is 277 g/mol. The highest BCUT2D eigenvalue weighted by molar-refractivity contribution is 5.89. The topological polar surface area (TPSA) is 67.2 Å². The van der Waals surface area contributed by atoms with Crippen LogP contribution in [0.15, 0.2) is 24.3 Å². The highest BCUT2D eigenvalue weighted by Crippen LogP contribution is 2.10. The van der Waals surface area contributed by atoms with Crippen molar-refractivity contribution in [3.8, 4) is 0 Å². The van der Waals surface area contributed by atoms with Gasteiger partial charge in [-0.05, 0) is 31.0 Å². The van der Waals surface area contributed by atoms with Crippen LogP contribution < -0.4 is 16.4 Å². The Kier molecular flexibility index (Phi) is 7.73. The predicted octanol–water partition coefficient (Wildman–Crippen LogP) is 3.63. The number of amides is 2. The maximum absolute atomic E-state index is 11.9. The highest BCUT2D eigenvalue weighted by atomic mass is 16.2. The van der Waals surface area contributed by atoms with Gasteiger partial charge in [0.15, 0.2) is 0 Å². The molecule has 1 aromatic carbocycles. The van der Waals surface area contributed by atoms with E-state index >= 15 is 0 Å². The van der Waals surface area contributed by atoms with Gasteiger partial charge in [-0.15, -0.1) is 0 Å². The number of urea groups is 1. The van der Waals surface area contributed by atoms with Crippen LogP contribution in [-0.4, -0.2) is 12.1 Å². The van der Waals surface area contributed by atoms with Crippen LogP contribution in [0.5, 0.6) is 0 Å². The maximum Gasteiger partial charge on any atom is 0.319 e. The number of rotatable bonds is 8. The van der Waals surface area contributed by atoms with E-state index in [4.69, 9.17) is 5.73 Å². The largest absolute Gasteiger partial charge is 0.335 e. The van der Waals surface area contributed by atoms with Crippen LogP contribution in [0.2, 0.25) is 0 Å². The summed E-state index contributed by atoms with van der Waals surface area (Å²) < 4.78 is 0. The normalized spacial score (nSPS) is 11.9. The zero-order valence-electron chi connectivity index (χ0n) is 12.6. The van der Waals surface area contributed by atoms with Crippen LogP contribution in [0.3, 0.4) is 0 Å². The van der Waals surface area contributed by atoms with E-state index in [9.17, 15) is 4.79 Å². The Balaban J connectivity index is 2.31. The van der Waals surface area contributed by atoms with Crippen LogP contribution in [0.1, 0.15) is 51.5 Å². The molecule has 0 aromatic heterocycles. The van der Waals surface area contributed by atoms with E-state index in [0.29, 0.717) is 6.54 Å². The fourth-order valence-electron chi connectivity index (χ4n) is 2.12. The standard InChI is InChI=1S/C16H27N3O/c1-3-4-5-6-8-13(2)18-16(20)19-15-10-7-9-14(11-15)12-17/h7,9-11,13H,3-6,8,12,17H2,1-2H3,(H2,18,19,20). The highest BCUT2D eigenvalue weighted by Gasteiger charge is 2.07. The summed E-state index contributed by atoms with van der Waals surface area (Å²) in [5.41, 5.74) is 7.37. The van der Waals surface area contributed by atoms with Gasteiger partial charge < -0.3 is 16.4 Å². The van der Waals surface area contributed by atoms with E-state index in [1.54, 1.807) is 0 Å². The van der Waals surface area contributed by atoms with Gasteiger partial charge in [-0.2, -0.15) is 0 Å². The average Bonchev–Trinajstić information content (AvgIpc) is 2.43. The lowest BCUT2D eigenvalue weighted by atomic mass is 10.1. The second-order valence-corrected chi connectivity index (χ2v) is 5.25. The minimum Gasteiger partial charge on any atom is -0.335 e. The first-order valence-corrected chi connectivity index (χ1v) is 7.52. The molecular weight excluding hydrogens is 250 g/mol. The first-order valence-electron chi connectivity index (χ1n) is 7.52. The smallest absolute Gasteiger partial charge is 0.319 e. The number of nitrogens with two attached hydrogens (primary N) is 1. The van der Waals surface area contributed by atoms with Crippen molar-refractivity contribution in [1.29, 1.82) is 0 Å². The lowest BCUT2D eigenvalue weighted by Gasteiger charge is -2.14. The Labute approximate surface area is 122 Å². The van der Waals surface area contributed by atoms with Crippen molar-refractivity contribution in [2.75, 3.05) is 5.32 Å². The van der Waals surface area contributed by atoms with Gasteiger partial charge in [0.1, 0.15) is 0 Å². The molecule has 0 saturated carbocycles. The van der Waals surface area contributed by atoms with Crippen molar-refractivity contribution in [1.82, 2.24) is 5.32 Å². The van der Waals surface area contributed by atoms with Crippen LogP contribution in [0.4, 0.5) is 10.5 Å². The summed E-state index contributed by atoms with van der Waals surface area (Å²) in [5, 5.41) is 5.80. The SMILES string of the molecule is CCCCCCC(C)NC(=O)Nc1cccc(CN)c1. The summed E-state index contributed by atoms with van der Waals surface area (Å²) in [6, 6.07) is 7.65. The number of anilines is 1. The monoisotopic (exact) mass is 277 g/mol. The molecule has 0 radical (unpaired) electrons. The molecule has 4 heteroatoms. The number of hydrogen-bond donors (Lipinski definition) is 3. The molecule has 2 amide bonds. The summed E-state index contributed by atoms with van der Waals surface area (Å²) >= 11 is 0. The molecule has 0 saturated heterocycles. The Morgan fingerprint density at radius 1 is 1.30 bits per heavy atom. The maximum atomic E-state index is 11.9. The minimum atomic E-state index is -0.151. The molecule has 0 aliphatic rings. The zero-order valence-corrected chi connectivity index (χ0v) is 12.6. The van der Waals surface area contributed by atoms with Crippen molar-refractivity contribution in [2.45, 2.75) is 58.5 Å². The molecule has 0 heterocycles. The number of carbonyl (C=O) groups is 1. The van der Waals surface area contributed by atoms with Crippen LogP contribution in [0, 0.1) is 0 Å². The van der Waals surface area contributed by atoms with Crippen LogP contribution in [-0.2, 0) is 6.54 Å². The Bertz CT molecular complexity index is 406. The van der Waals surface area contributed by atoms with Gasteiger partial charge in [-0.3, -0.25) is 0 Å². The summed E-state index contributed by atoms with van der Waals surface area (Å²) in [4.78, 5) is 11.9. The van der Waals surface area contributed by atoms with Gasteiger partial charge in [0.05, 0.1) is 0 Å². The van der Waals surface area contributed by atoms with Gasteiger partial charge in [0.25, 0.3) is 0 Å². The van der Waals surface area contributed by atoms with Crippen molar-refractivity contribution >= 4 is 11.7 Å². The number of hydrogen-bond acceptors (Lipinski definition) is 2. The number of carbonyl (C=O) groups excluding carboxylic acids is 1. The van der Waals surface area contributed by atoms with E-state index < -0.39 is 0 Å². The number of unbranched alkanes of at least 4 members (excludes halogenated alkanes) is 3. The Morgan fingerprint density at radius 2 is 2.10 bits per heavy atom. The molecule has 0 fully saturated rings. The van der Waals surface area contributed by atoms with Crippen LogP contribution >= 0.6 is 0 Å². The lowest BCUT2D eigenvalue weighted by Crippen LogP contribution is -2.36. The first-order chi connectivity index (χ1) is 9.65. The zero-order chi connectivity index (χ0) is 14.8. The molecule has 20 heavy (non-hydrogen) atoms. The molecule has 4 N–H and O–H groups in total. The van der Waals surface area contributed by atoms with Gasteiger partial charge in [-0.1, -0.05) is 44.7 Å². The summed E-state index contributed by atoms with van der Waals surface area (Å²) in [7, 11) is 0. The quantitative estimate of drug-likeness (QED) is 0.635. The molecule has 112 valence electrons. The van der Waals surface area contributed by atoms with Gasteiger partial charge in [0, 0.05) is 18.3 Å². The molecule has 4 nitrogen and oxygen atoms in total. The third-order valence-corrected chi connectivity index (χ3v) is 3.29. The Morgan fingerprint density at radius 3 is 2.80 bits per heavy atom. The summed E-state index contributed by atoms with van der Waals surface area (Å²) in [5.74, 6) is 0. The Hall–Kier alpha value is -1.55. The summed E-state index contributed by atoms with van der Waals surface area (Å²) in [6.07, 6.45) is 5.93. The molecule has 0 spiro atoms. The molecule has 0 aliphatic heterocycles. The lowest BCUT2D eigenvalue weighted by molar-refractivity contribution is 0.248. The molecule has 1 aromatic rings. The number of benzene rings is 1. The first kappa shape index (κ1) is 16.5. The van der Waals surface area contributed by atoms with Gasteiger partial charge in [0.2, 0.25) is 0 Å². The fourth-order valence-corrected chi connectivity index (χ4v) is 2.12. The van der Waals surface area contributed by atoms with Crippen molar-refractivity contribution in [3.63, 3.8) is 0 Å². The molecular formula is C16H27N3O. The fraction of sp³-hybridized carbons (Fsp3) is 0.562. The second kappa shape index (κ2) is 9.37. The van der Waals surface area contributed by atoms with Gasteiger partial charge >= 0.3 is 6.03 Å². The predicted molar refractivity (Wildman–Crippen MR) is 84.7 cm³/mol. The van der Waals surface area contributed by atoms with Crippen LogP contribution in [0.25, 0.3) is 0 Å². The van der Waals surface area contributed by atoms with Crippen molar-refractivity contribution in [2.24, 2.45) is 5.73 Å². The molecule has 1 rings (SSSR count).